The predicted molar refractivity (Wildman–Crippen MR) is 131 cm³/mol. The van der Waals surface area contributed by atoms with Gasteiger partial charge in [-0.3, -0.25) is 13.9 Å². The molecule has 0 bridgehead atoms. The number of rotatable bonds is 9. The summed E-state index contributed by atoms with van der Waals surface area (Å²) in [6, 6.07) is 12.8. The molecule has 2 aromatic rings. The number of benzene rings is 2. The Morgan fingerprint density at radius 3 is 2.31 bits per heavy atom. The molecule has 0 aliphatic carbocycles. The Kier molecular flexibility index (Phi) is 9.12. The van der Waals surface area contributed by atoms with Crippen LogP contribution in [0.5, 0.6) is 0 Å². The molecule has 0 spiro atoms. The Labute approximate surface area is 202 Å². The second kappa shape index (κ2) is 11.2. The standard InChI is InChI=1S/C22H27BrClN3O4S/c1-15(2)25-22(29)16(3)26(13-17-8-7-9-18(24)12-17)21(28)14-27(32(4,30)31)20-11-6-5-10-19(20)23/h5-12,15-16H,13-14H2,1-4H3,(H,25,29)/t16-/m1/s1. The number of nitrogens with zero attached hydrogens (tertiary/aromatic N) is 2. The van der Waals surface area contributed by atoms with Gasteiger partial charge in [-0.1, -0.05) is 35.9 Å². The molecule has 0 unspecified atom stereocenters. The molecule has 0 aromatic heterocycles. The molecular weight excluding hydrogens is 518 g/mol. The van der Waals surface area contributed by atoms with Gasteiger partial charge >= 0.3 is 0 Å². The smallest absolute Gasteiger partial charge is 0.244 e. The van der Waals surface area contributed by atoms with E-state index in [1.54, 1.807) is 55.5 Å². The fraction of sp³-hybridized carbons (Fsp3) is 0.364. The zero-order valence-electron chi connectivity index (χ0n) is 18.4. The van der Waals surface area contributed by atoms with Crippen molar-refractivity contribution in [3.63, 3.8) is 0 Å². The fourth-order valence-corrected chi connectivity index (χ4v) is 4.76. The van der Waals surface area contributed by atoms with Crippen LogP contribution in [0.4, 0.5) is 5.69 Å². The summed E-state index contributed by atoms with van der Waals surface area (Å²) in [7, 11) is -3.78. The van der Waals surface area contributed by atoms with Crippen LogP contribution in [0.15, 0.2) is 53.0 Å². The summed E-state index contributed by atoms with van der Waals surface area (Å²) in [4.78, 5) is 27.4. The zero-order valence-corrected chi connectivity index (χ0v) is 21.5. The van der Waals surface area contributed by atoms with Crippen LogP contribution in [0, 0.1) is 0 Å². The number of carbonyl (C=O) groups is 2. The van der Waals surface area contributed by atoms with Crippen molar-refractivity contribution in [3.8, 4) is 0 Å². The maximum absolute atomic E-state index is 13.4. The van der Waals surface area contributed by atoms with E-state index in [0.29, 0.717) is 15.2 Å². The average molecular weight is 545 g/mol. The largest absolute Gasteiger partial charge is 0.352 e. The number of amides is 2. The van der Waals surface area contributed by atoms with E-state index in [9.17, 15) is 18.0 Å². The van der Waals surface area contributed by atoms with Gasteiger partial charge in [-0.2, -0.15) is 0 Å². The van der Waals surface area contributed by atoms with Gasteiger partial charge in [-0.25, -0.2) is 8.42 Å². The third-order valence-electron chi connectivity index (χ3n) is 4.64. The van der Waals surface area contributed by atoms with Gasteiger partial charge in [-0.15, -0.1) is 0 Å². The summed E-state index contributed by atoms with van der Waals surface area (Å²) in [6.45, 7) is 4.91. The second-order valence-corrected chi connectivity index (χ2v) is 10.9. The van der Waals surface area contributed by atoms with Crippen LogP contribution in [0.2, 0.25) is 5.02 Å². The van der Waals surface area contributed by atoms with E-state index in [1.165, 1.54) is 4.90 Å². The van der Waals surface area contributed by atoms with Crippen molar-refractivity contribution in [1.82, 2.24) is 10.2 Å². The first-order valence-electron chi connectivity index (χ1n) is 9.96. The molecule has 1 N–H and O–H groups in total. The molecule has 0 heterocycles. The van der Waals surface area contributed by atoms with Crippen LogP contribution in [-0.2, 0) is 26.2 Å². The Morgan fingerprint density at radius 1 is 1.09 bits per heavy atom. The first kappa shape index (κ1) is 26.2. The predicted octanol–water partition coefficient (Wildman–Crippen LogP) is 3.81. The van der Waals surface area contributed by atoms with Gasteiger partial charge in [0.1, 0.15) is 12.6 Å². The Balaban J connectivity index is 2.40. The van der Waals surface area contributed by atoms with E-state index in [0.717, 1.165) is 16.1 Å². The molecule has 2 amide bonds. The summed E-state index contributed by atoms with van der Waals surface area (Å²) in [5.74, 6) is -0.847. The lowest BCUT2D eigenvalue weighted by Gasteiger charge is -2.32. The van der Waals surface area contributed by atoms with Gasteiger partial charge < -0.3 is 10.2 Å². The number of halogens is 2. The quantitative estimate of drug-likeness (QED) is 0.520. The molecule has 10 heteroatoms. The van der Waals surface area contributed by atoms with Crippen LogP contribution >= 0.6 is 27.5 Å². The monoisotopic (exact) mass is 543 g/mol. The molecule has 0 saturated heterocycles. The van der Waals surface area contributed by atoms with Gasteiger partial charge in [0.25, 0.3) is 0 Å². The molecule has 0 aliphatic heterocycles. The minimum atomic E-state index is -3.78. The van der Waals surface area contributed by atoms with Gasteiger partial charge in [-0.05, 0) is 66.5 Å². The lowest BCUT2D eigenvalue weighted by molar-refractivity contribution is -0.139. The highest BCUT2D eigenvalue weighted by molar-refractivity contribution is 9.10. The van der Waals surface area contributed by atoms with Gasteiger partial charge in [0, 0.05) is 22.1 Å². The molecule has 0 fully saturated rings. The van der Waals surface area contributed by atoms with Crippen molar-refractivity contribution in [2.24, 2.45) is 0 Å². The first-order valence-corrected chi connectivity index (χ1v) is 13.0. The van der Waals surface area contributed by atoms with Crippen LogP contribution in [0.3, 0.4) is 0 Å². The molecule has 32 heavy (non-hydrogen) atoms. The summed E-state index contributed by atoms with van der Waals surface area (Å²) in [5, 5.41) is 3.30. The molecule has 2 rings (SSSR count). The topological polar surface area (TPSA) is 86.8 Å². The molecule has 7 nitrogen and oxygen atoms in total. The lowest BCUT2D eigenvalue weighted by atomic mass is 10.1. The highest BCUT2D eigenvalue weighted by Gasteiger charge is 2.30. The number of nitrogens with one attached hydrogen (secondary N) is 1. The average Bonchev–Trinajstić information content (AvgIpc) is 2.69. The number of hydrogen-bond donors (Lipinski definition) is 1. The highest BCUT2D eigenvalue weighted by Crippen LogP contribution is 2.28. The number of hydrogen-bond acceptors (Lipinski definition) is 4. The van der Waals surface area contributed by atoms with Gasteiger partial charge in [0.15, 0.2) is 0 Å². The van der Waals surface area contributed by atoms with Crippen molar-refractivity contribution in [1.29, 1.82) is 0 Å². The van der Waals surface area contributed by atoms with E-state index in [2.05, 4.69) is 21.2 Å². The van der Waals surface area contributed by atoms with E-state index in [4.69, 9.17) is 11.6 Å². The molecule has 174 valence electrons. The number of para-hydroxylation sites is 1. The molecule has 0 aliphatic rings. The summed E-state index contributed by atoms with van der Waals surface area (Å²) in [5.41, 5.74) is 1.06. The molecule has 2 aromatic carbocycles. The zero-order chi connectivity index (χ0) is 24.1. The highest BCUT2D eigenvalue weighted by atomic mass is 79.9. The van der Waals surface area contributed by atoms with E-state index >= 15 is 0 Å². The molecule has 0 saturated carbocycles. The first-order chi connectivity index (χ1) is 14.9. The SMILES string of the molecule is CC(C)NC(=O)[C@@H](C)N(Cc1cccc(Cl)c1)C(=O)CN(c1ccccc1Br)S(C)(=O)=O. The van der Waals surface area contributed by atoms with Crippen molar-refractivity contribution in [3.05, 3.63) is 63.6 Å². The molecular formula is C22H27BrClN3O4S. The van der Waals surface area contributed by atoms with E-state index in [1.807, 2.05) is 13.8 Å². The van der Waals surface area contributed by atoms with E-state index < -0.39 is 28.5 Å². The Morgan fingerprint density at radius 2 is 1.75 bits per heavy atom. The van der Waals surface area contributed by atoms with Crippen LogP contribution < -0.4 is 9.62 Å². The van der Waals surface area contributed by atoms with Gasteiger partial charge in [0.2, 0.25) is 21.8 Å². The van der Waals surface area contributed by atoms with E-state index in [-0.39, 0.29) is 18.5 Å². The normalized spacial score (nSPS) is 12.3. The molecule has 0 radical (unpaired) electrons. The number of sulfonamides is 1. The van der Waals surface area contributed by atoms with Gasteiger partial charge in [0.05, 0.1) is 11.9 Å². The van der Waals surface area contributed by atoms with Crippen LogP contribution in [0.25, 0.3) is 0 Å². The minimum Gasteiger partial charge on any atom is -0.352 e. The summed E-state index contributed by atoms with van der Waals surface area (Å²) in [6.07, 6.45) is 1.04. The third kappa shape index (κ3) is 7.21. The maximum atomic E-state index is 13.4. The minimum absolute atomic E-state index is 0.0969. The third-order valence-corrected chi connectivity index (χ3v) is 6.67. The van der Waals surface area contributed by atoms with Crippen LogP contribution in [0.1, 0.15) is 26.3 Å². The summed E-state index contributed by atoms with van der Waals surface area (Å²) >= 11 is 9.43. The maximum Gasteiger partial charge on any atom is 0.244 e. The van der Waals surface area contributed by atoms with Crippen molar-refractivity contribution in [2.75, 3.05) is 17.1 Å². The number of anilines is 1. The summed E-state index contributed by atoms with van der Waals surface area (Å²) < 4.78 is 26.6. The van der Waals surface area contributed by atoms with Crippen molar-refractivity contribution >= 4 is 55.1 Å². The molecule has 1 atom stereocenters. The fourth-order valence-electron chi connectivity index (χ4n) is 3.07. The second-order valence-electron chi connectivity index (χ2n) is 7.71. The Hall–Kier alpha value is -2.10. The Bertz CT molecular complexity index is 1080. The lowest BCUT2D eigenvalue weighted by Crippen LogP contribution is -2.52. The van der Waals surface area contributed by atoms with Crippen molar-refractivity contribution in [2.45, 2.75) is 39.4 Å². The van der Waals surface area contributed by atoms with Crippen LogP contribution in [-0.4, -0.2) is 50.0 Å². The van der Waals surface area contributed by atoms with Crippen molar-refractivity contribution < 1.29 is 18.0 Å². The number of carbonyl (C=O) groups excluding carboxylic acids is 2.